The minimum atomic E-state index is -1.03. The molecular formula is C24H26N2O4S2. The number of thiazole rings is 1. The van der Waals surface area contributed by atoms with E-state index in [-0.39, 0.29) is 11.6 Å². The minimum absolute atomic E-state index is 0.0759. The van der Waals surface area contributed by atoms with Gasteiger partial charge in [0.15, 0.2) is 5.69 Å². The summed E-state index contributed by atoms with van der Waals surface area (Å²) in [5, 5.41) is 14.2. The van der Waals surface area contributed by atoms with Gasteiger partial charge in [-0.3, -0.25) is 4.79 Å². The van der Waals surface area contributed by atoms with Crippen LogP contribution in [0.25, 0.3) is 0 Å². The maximum Gasteiger partial charge on any atom is 0.355 e. The summed E-state index contributed by atoms with van der Waals surface area (Å²) in [6.45, 7) is 2.69. The molecular weight excluding hydrogens is 444 g/mol. The van der Waals surface area contributed by atoms with E-state index in [0.29, 0.717) is 23.0 Å². The fourth-order valence-electron chi connectivity index (χ4n) is 4.01. The first-order chi connectivity index (χ1) is 15.4. The van der Waals surface area contributed by atoms with E-state index in [1.165, 1.54) is 16.9 Å². The number of rotatable bonds is 10. The van der Waals surface area contributed by atoms with Gasteiger partial charge in [0.25, 0.3) is 0 Å². The van der Waals surface area contributed by atoms with Gasteiger partial charge in [-0.05, 0) is 72.7 Å². The first-order valence-electron chi connectivity index (χ1n) is 10.6. The van der Waals surface area contributed by atoms with Crippen molar-refractivity contribution in [1.82, 2.24) is 9.88 Å². The Kier molecular flexibility index (Phi) is 6.62. The molecule has 0 saturated heterocycles. The number of aryl methyl sites for hydroxylation is 2. The van der Waals surface area contributed by atoms with Crippen molar-refractivity contribution in [3.05, 3.63) is 67.8 Å². The molecule has 2 aromatic heterocycles. The van der Waals surface area contributed by atoms with Crippen LogP contribution in [0.15, 0.2) is 41.1 Å². The van der Waals surface area contributed by atoms with Crippen molar-refractivity contribution >= 4 is 34.6 Å². The predicted molar refractivity (Wildman–Crippen MR) is 126 cm³/mol. The number of nitrogens with zero attached hydrogens (tertiary/aromatic N) is 2. The molecule has 0 atom stereocenters. The number of amides is 1. The Hall–Kier alpha value is -2.71. The molecule has 1 saturated carbocycles. The Morgan fingerprint density at radius 2 is 1.97 bits per heavy atom. The van der Waals surface area contributed by atoms with Crippen molar-refractivity contribution in [3.63, 3.8) is 0 Å². The van der Waals surface area contributed by atoms with Gasteiger partial charge < -0.3 is 14.7 Å². The number of hydrogen-bond donors (Lipinski definition) is 1. The van der Waals surface area contributed by atoms with E-state index in [0.717, 1.165) is 37.0 Å². The van der Waals surface area contributed by atoms with E-state index in [1.54, 1.807) is 25.4 Å². The van der Waals surface area contributed by atoms with Gasteiger partial charge in [-0.2, -0.15) is 11.3 Å². The van der Waals surface area contributed by atoms with Crippen molar-refractivity contribution in [3.8, 4) is 5.75 Å². The Bertz CT molecular complexity index is 1090. The third kappa shape index (κ3) is 4.71. The van der Waals surface area contributed by atoms with Crippen molar-refractivity contribution < 1.29 is 19.4 Å². The van der Waals surface area contributed by atoms with Gasteiger partial charge in [0.1, 0.15) is 10.8 Å². The molecule has 3 aromatic rings. The Morgan fingerprint density at radius 3 is 2.53 bits per heavy atom. The molecule has 1 aliphatic rings. The second-order valence-corrected chi connectivity index (χ2v) is 10.2. The van der Waals surface area contributed by atoms with Crippen LogP contribution >= 0.6 is 22.7 Å². The van der Waals surface area contributed by atoms with E-state index in [9.17, 15) is 14.7 Å². The first-order valence-corrected chi connectivity index (χ1v) is 12.3. The van der Waals surface area contributed by atoms with Gasteiger partial charge in [0.2, 0.25) is 5.91 Å². The van der Waals surface area contributed by atoms with E-state index >= 15 is 0 Å². The maximum absolute atomic E-state index is 13.8. The molecule has 0 spiro atoms. The molecule has 0 aliphatic heterocycles. The van der Waals surface area contributed by atoms with Crippen molar-refractivity contribution in [2.45, 2.75) is 44.6 Å². The highest BCUT2D eigenvalue weighted by atomic mass is 32.1. The molecule has 1 N–H and O–H groups in total. The van der Waals surface area contributed by atoms with E-state index in [1.807, 2.05) is 29.2 Å². The number of carboxylic acids is 1. The molecule has 1 aromatic carbocycles. The fraction of sp³-hybridized carbons (Fsp3) is 0.375. The highest BCUT2D eigenvalue weighted by Gasteiger charge is 2.53. The molecule has 0 unspecified atom stereocenters. The number of carbonyl (C=O) groups excluding carboxylic acids is 1. The summed E-state index contributed by atoms with van der Waals surface area (Å²) in [6.07, 6.45) is 3.38. The zero-order valence-electron chi connectivity index (χ0n) is 18.2. The lowest BCUT2D eigenvalue weighted by atomic mass is 9.94. The van der Waals surface area contributed by atoms with Crippen molar-refractivity contribution in [1.29, 1.82) is 0 Å². The van der Waals surface area contributed by atoms with Crippen LogP contribution in [-0.4, -0.2) is 40.5 Å². The normalized spacial score (nSPS) is 14.2. The van der Waals surface area contributed by atoms with E-state index in [2.05, 4.69) is 21.8 Å². The SMILES string of the molecule is COc1ccc(C2(C(=O)N(CCCc3ccsc3)Cc3nc(C(=O)O)c(C)s3)CC2)cc1. The number of carbonyl (C=O) groups is 2. The van der Waals surface area contributed by atoms with E-state index < -0.39 is 11.4 Å². The number of methoxy groups -OCH3 is 1. The zero-order valence-corrected chi connectivity index (χ0v) is 19.8. The average molecular weight is 471 g/mol. The second-order valence-electron chi connectivity index (χ2n) is 8.09. The number of carboxylic acid groups (broad SMARTS) is 1. The lowest BCUT2D eigenvalue weighted by Crippen LogP contribution is -2.39. The van der Waals surface area contributed by atoms with Crippen molar-refractivity contribution in [2.24, 2.45) is 0 Å². The van der Waals surface area contributed by atoms with Gasteiger partial charge in [-0.15, -0.1) is 11.3 Å². The average Bonchev–Trinajstić information content (AvgIpc) is 3.26. The number of benzene rings is 1. The predicted octanol–water partition coefficient (Wildman–Crippen LogP) is 4.91. The molecule has 8 heteroatoms. The topological polar surface area (TPSA) is 79.7 Å². The van der Waals surface area contributed by atoms with Crippen LogP contribution < -0.4 is 4.74 Å². The van der Waals surface area contributed by atoms with Crippen LogP contribution in [0.2, 0.25) is 0 Å². The molecule has 4 rings (SSSR count). The summed E-state index contributed by atoms with van der Waals surface area (Å²) in [7, 11) is 1.63. The monoisotopic (exact) mass is 470 g/mol. The van der Waals surface area contributed by atoms with Crippen LogP contribution in [0, 0.1) is 6.92 Å². The number of thiophene rings is 1. The van der Waals surface area contributed by atoms with Crippen LogP contribution in [-0.2, 0) is 23.2 Å². The molecule has 1 amide bonds. The molecule has 1 aliphatic carbocycles. The lowest BCUT2D eigenvalue weighted by Gasteiger charge is -2.27. The standard InChI is InChI=1S/C24H26N2O4S2/c1-16-21(22(27)28)25-20(32-16)14-26(12-3-4-17-9-13-31-15-17)23(29)24(10-11-24)18-5-7-19(30-2)8-6-18/h5-9,13,15H,3-4,10-12,14H2,1-2H3,(H,27,28). The molecule has 0 bridgehead atoms. The van der Waals surface area contributed by atoms with Gasteiger partial charge in [-0.1, -0.05) is 12.1 Å². The number of ether oxygens (including phenoxy) is 1. The fourth-order valence-corrected chi connectivity index (χ4v) is 5.65. The second kappa shape index (κ2) is 9.42. The Labute approximate surface area is 195 Å². The van der Waals surface area contributed by atoms with Gasteiger partial charge in [0.05, 0.1) is 19.1 Å². The quantitative estimate of drug-likeness (QED) is 0.455. The van der Waals surface area contributed by atoms with Crippen LogP contribution in [0.1, 0.15) is 50.8 Å². The van der Waals surface area contributed by atoms with E-state index in [4.69, 9.17) is 4.74 Å². The number of aromatic carboxylic acids is 1. The highest BCUT2D eigenvalue weighted by Crippen LogP contribution is 2.50. The minimum Gasteiger partial charge on any atom is -0.497 e. The summed E-state index contributed by atoms with van der Waals surface area (Å²) in [5.74, 6) is -0.168. The number of hydrogen-bond acceptors (Lipinski definition) is 6. The molecule has 168 valence electrons. The largest absolute Gasteiger partial charge is 0.497 e. The summed E-state index contributed by atoms with van der Waals surface area (Å²) in [4.78, 5) is 32.0. The van der Waals surface area contributed by atoms with Crippen molar-refractivity contribution in [2.75, 3.05) is 13.7 Å². The maximum atomic E-state index is 13.8. The van der Waals surface area contributed by atoms with Gasteiger partial charge >= 0.3 is 5.97 Å². The third-order valence-corrected chi connectivity index (χ3v) is 7.62. The van der Waals surface area contributed by atoms with Crippen LogP contribution in [0.5, 0.6) is 5.75 Å². The zero-order chi connectivity index (χ0) is 22.7. The lowest BCUT2D eigenvalue weighted by molar-refractivity contribution is -0.134. The smallest absolute Gasteiger partial charge is 0.355 e. The number of aromatic nitrogens is 1. The molecule has 6 nitrogen and oxygen atoms in total. The highest BCUT2D eigenvalue weighted by molar-refractivity contribution is 7.11. The summed E-state index contributed by atoms with van der Waals surface area (Å²) >= 11 is 3.02. The Balaban J connectivity index is 1.55. The first kappa shape index (κ1) is 22.5. The van der Waals surface area contributed by atoms with Crippen LogP contribution in [0.4, 0.5) is 0 Å². The van der Waals surface area contributed by atoms with Crippen LogP contribution in [0.3, 0.4) is 0 Å². The molecule has 0 radical (unpaired) electrons. The molecule has 1 fully saturated rings. The summed E-state index contributed by atoms with van der Waals surface area (Å²) < 4.78 is 5.26. The Morgan fingerprint density at radius 1 is 1.22 bits per heavy atom. The van der Waals surface area contributed by atoms with Gasteiger partial charge in [0, 0.05) is 11.4 Å². The van der Waals surface area contributed by atoms with Gasteiger partial charge in [-0.25, -0.2) is 9.78 Å². The third-order valence-electron chi connectivity index (χ3n) is 5.93. The summed E-state index contributed by atoms with van der Waals surface area (Å²) in [5.41, 5.74) is 1.85. The molecule has 2 heterocycles. The summed E-state index contributed by atoms with van der Waals surface area (Å²) in [6, 6.07) is 9.85. The molecule has 32 heavy (non-hydrogen) atoms.